The summed E-state index contributed by atoms with van der Waals surface area (Å²) in [6.07, 6.45) is 0.301. The molecule has 0 saturated heterocycles. The highest BCUT2D eigenvalue weighted by atomic mass is 35.5. The minimum atomic E-state index is -1.16. The van der Waals surface area contributed by atoms with Crippen molar-refractivity contribution in [1.82, 2.24) is 0 Å². The zero-order chi connectivity index (χ0) is 33.7. The number of benzene rings is 4. The van der Waals surface area contributed by atoms with Crippen LogP contribution in [-0.2, 0) is 30.3 Å². The number of halogens is 4. The van der Waals surface area contributed by atoms with Gasteiger partial charge in [-0.3, -0.25) is 9.59 Å². The lowest BCUT2D eigenvalue weighted by Gasteiger charge is -2.42. The van der Waals surface area contributed by atoms with E-state index in [1.165, 1.54) is 0 Å². The number of rotatable bonds is 8. The molecule has 8 heteroatoms. The summed E-state index contributed by atoms with van der Waals surface area (Å²) in [5, 5.41) is 2.27. The largest absolute Gasteiger partial charge is 0.481 e. The van der Waals surface area contributed by atoms with Crippen molar-refractivity contribution in [3.8, 4) is 0 Å². The Morgan fingerprint density at radius 2 is 0.745 bits per heavy atom. The van der Waals surface area contributed by atoms with E-state index in [0.29, 0.717) is 49.2 Å². The number of ketones is 2. The predicted octanol–water partition coefficient (Wildman–Crippen LogP) is 10.9. The molecule has 0 bridgehead atoms. The van der Waals surface area contributed by atoms with Crippen molar-refractivity contribution in [3.05, 3.63) is 162 Å². The smallest absolute Gasteiger partial charge is 0.166 e. The number of Topliss-reactive ketones (excluding diaryl/α,β-unsaturated/α-hetero) is 2. The van der Waals surface area contributed by atoms with E-state index in [1.807, 2.05) is 111 Å². The standard InChI is InChI=1S/C39H32Cl4O4/c1-22(44)36-24(3)46-38(26-5-13-30(40)14-6-26,27-7-15-31(41)16-8-27)34(36)21-35-37(23(2)45)25(4)47-39(35,28-9-17-32(42)18-10-28)29-11-19-33(43)20-12-29/h5-20,34-35H,21H2,1-4H3. The normalized spacial score (nSPS) is 19.8. The van der Waals surface area contributed by atoms with Crippen molar-refractivity contribution in [2.45, 2.75) is 45.3 Å². The Morgan fingerprint density at radius 3 is 0.957 bits per heavy atom. The lowest BCUT2D eigenvalue weighted by atomic mass is 9.64. The first-order valence-electron chi connectivity index (χ1n) is 15.2. The van der Waals surface area contributed by atoms with Crippen molar-refractivity contribution in [2.75, 3.05) is 0 Å². The first-order valence-corrected chi connectivity index (χ1v) is 16.7. The Kier molecular flexibility index (Phi) is 9.10. The summed E-state index contributed by atoms with van der Waals surface area (Å²) >= 11 is 25.5. The number of carbonyl (C=O) groups is 2. The quantitative estimate of drug-likeness (QED) is 0.183. The molecule has 2 atom stereocenters. The molecule has 0 spiro atoms. The monoisotopic (exact) mass is 704 g/mol. The topological polar surface area (TPSA) is 52.6 Å². The van der Waals surface area contributed by atoms with E-state index in [-0.39, 0.29) is 11.6 Å². The molecule has 0 aromatic heterocycles. The van der Waals surface area contributed by atoms with Gasteiger partial charge in [0.05, 0.1) is 0 Å². The molecule has 2 unspecified atom stereocenters. The van der Waals surface area contributed by atoms with Crippen molar-refractivity contribution in [1.29, 1.82) is 0 Å². The molecule has 0 radical (unpaired) electrons. The lowest BCUT2D eigenvalue weighted by molar-refractivity contribution is -0.114. The van der Waals surface area contributed by atoms with Gasteiger partial charge >= 0.3 is 0 Å². The predicted molar refractivity (Wildman–Crippen MR) is 188 cm³/mol. The van der Waals surface area contributed by atoms with Crippen molar-refractivity contribution in [3.63, 3.8) is 0 Å². The summed E-state index contributed by atoms with van der Waals surface area (Å²) in [4.78, 5) is 27.3. The van der Waals surface area contributed by atoms with Gasteiger partial charge < -0.3 is 9.47 Å². The van der Waals surface area contributed by atoms with E-state index >= 15 is 0 Å². The zero-order valence-corrected chi connectivity index (χ0v) is 29.3. The minimum absolute atomic E-state index is 0.120. The van der Waals surface area contributed by atoms with E-state index in [9.17, 15) is 9.59 Å². The van der Waals surface area contributed by atoms with Gasteiger partial charge in [0, 0.05) is 65.3 Å². The molecule has 0 fully saturated rings. The molecule has 4 aromatic rings. The maximum atomic E-state index is 13.6. The highest BCUT2D eigenvalue weighted by Gasteiger charge is 2.59. The fraction of sp³-hybridized carbons (Fsp3) is 0.231. The highest BCUT2D eigenvalue weighted by molar-refractivity contribution is 6.31. The summed E-state index contributed by atoms with van der Waals surface area (Å²) in [5.41, 5.74) is 1.98. The van der Waals surface area contributed by atoms with Crippen LogP contribution in [0.1, 0.15) is 56.4 Å². The SMILES string of the molecule is CC(=O)C1=C(C)OC(c2ccc(Cl)cc2)(c2ccc(Cl)cc2)C1CC1C(C(C)=O)=C(C)OC1(c1ccc(Cl)cc1)c1ccc(Cl)cc1. The summed E-state index contributed by atoms with van der Waals surface area (Å²) in [5.74, 6) is -0.333. The maximum absolute atomic E-state index is 13.6. The molecular weight excluding hydrogens is 674 g/mol. The second-order valence-electron chi connectivity index (χ2n) is 12.1. The van der Waals surface area contributed by atoms with Gasteiger partial charge in [-0.2, -0.15) is 0 Å². The van der Waals surface area contributed by atoms with Gasteiger partial charge in [-0.1, -0.05) is 94.9 Å². The number of allylic oxidation sites excluding steroid dienone is 2. The molecule has 2 aliphatic rings. The third-order valence-corrected chi connectivity index (χ3v) is 10.4. The molecule has 240 valence electrons. The average Bonchev–Trinajstić information content (AvgIpc) is 3.50. The second-order valence-corrected chi connectivity index (χ2v) is 13.8. The van der Waals surface area contributed by atoms with Gasteiger partial charge in [0.2, 0.25) is 0 Å². The first kappa shape index (κ1) is 33.4. The van der Waals surface area contributed by atoms with E-state index in [1.54, 1.807) is 13.8 Å². The van der Waals surface area contributed by atoms with Crippen LogP contribution in [0.4, 0.5) is 0 Å². The van der Waals surface area contributed by atoms with Gasteiger partial charge in [-0.15, -0.1) is 0 Å². The van der Waals surface area contributed by atoms with Crippen LogP contribution < -0.4 is 0 Å². The summed E-state index contributed by atoms with van der Waals surface area (Å²) < 4.78 is 13.9. The second kappa shape index (κ2) is 12.8. The van der Waals surface area contributed by atoms with E-state index in [4.69, 9.17) is 55.9 Å². The molecule has 2 heterocycles. The van der Waals surface area contributed by atoms with Crippen molar-refractivity contribution in [2.24, 2.45) is 11.8 Å². The van der Waals surface area contributed by atoms with Crippen LogP contribution >= 0.6 is 46.4 Å². The number of carbonyl (C=O) groups excluding carboxylic acids is 2. The van der Waals surface area contributed by atoms with Crippen LogP contribution in [0.5, 0.6) is 0 Å². The van der Waals surface area contributed by atoms with Gasteiger partial charge in [-0.25, -0.2) is 0 Å². The summed E-state index contributed by atoms with van der Waals surface area (Å²) in [6.45, 7) is 6.75. The zero-order valence-electron chi connectivity index (χ0n) is 26.2. The lowest BCUT2D eigenvalue weighted by Crippen LogP contribution is -2.43. The van der Waals surface area contributed by atoms with Crippen LogP contribution in [0.25, 0.3) is 0 Å². The molecular formula is C39H32Cl4O4. The highest BCUT2D eigenvalue weighted by Crippen LogP contribution is 2.59. The Bertz CT molecular complexity index is 1680. The van der Waals surface area contributed by atoms with Crippen LogP contribution in [0, 0.1) is 11.8 Å². The fourth-order valence-electron chi connectivity index (χ4n) is 7.59. The van der Waals surface area contributed by atoms with Crippen LogP contribution in [0.2, 0.25) is 20.1 Å². The Balaban J connectivity index is 1.65. The molecule has 0 amide bonds. The molecule has 2 aliphatic heterocycles. The van der Waals surface area contributed by atoms with Crippen LogP contribution in [-0.4, -0.2) is 11.6 Å². The summed E-state index contributed by atoms with van der Waals surface area (Å²) in [6, 6.07) is 29.9. The Labute approximate surface area is 294 Å². The molecule has 47 heavy (non-hydrogen) atoms. The average molecular weight is 706 g/mol. The van der Waals surface area contributed by atoms with Gasteiger partial charge in [-0.05, 0) is 82.6 Å². The number of ether oxygens (including phenoxy) is 2. The molecule has 4 nitrogen and oxygen atoms in total. The molecule has 0 aliphatic carbocycles. The van der Waals surface area contributed by atoms with Crippen LogP contribution in [0.3, 0.4) is 0 Å². The fourth-order valence-corrected chi connectivity index (χ4v) is 8.09. The van der Waals surface area contributed by atoms with E-state index < -0.39 is 23.0 Å². The molecule has 4 aromatic carbocycles. The molecule has 6 rings (SSSR count). The Hall–Kier alpha value is -3.54. The first-order chi connectivity index (χ1) is 22.4. The van der Waals surface area contributed by atoms with Crippen LogP contribution in [0.15, 0.2) is 120 Å². The Morgan fingerprint density at radius 1 is 0.511 bits per heavy atom. The van der Waals surface area contributed by atoms with Crippen molar-refractivity contribution >= 4 is 58.0 Å². The van der Waals surface area contributed by atoms with E-state index in [0.717, 1.165) is 22.3 Å². The van der Waals surface area contributed by atoms with Gasteiger partial charge in [0.1, 0.15) is 11.5 Å². The minimum Gasteiger partial charge on any atom is -0.481 e. The number of hydrogen-bond donors (Lipinski definition) is 0. The summed E-state index contributed by atoms with van der Waals surface area (Å²) in [7, 11) is 0. The third-order valence-electron chi connectivity index (χ3n) is 9.39. The van der Waals surface area contributed by atoms with Gasteiger partial charge in [0.15, 0.2) is 22.8 Å². The molecule has 0 N–H and O–H groups in total. The van der Waals surface area contributed by atoms with E-state index in [2.05, 4.69) is 0 Å². The third kappa shape index (κ3) is 5.70. The van der Waals surface area contributed by atoms with Gasteiger partial charge in [0.25, 0.3) is 0 Å². The molecule has 0 saturated carbocycles. The maximum Gasteiger partial charge on any atom is 0.166 e. The number of hydrogen-bond acceptors (Lipinski definition) is 4. The van der Waals surface area contributed by atoms with Crippen molar-refractivity contribution < 1.29 is 19.1 Å².